The van der Waals surface area contributed by atoms with E-state index in [1.165, 1.54) is 0 Å². The average molecular weight is 445 g/mol. The number of hydrogen-bond donors (Lipinski definition) is 1. The summed E-state index contributed by atoms with van der Waals surface area (Å²) in [5, 5.41) is 9.25. The zero-order valence-electron chi connectivity index (χ0n) is 17.7. The highest BCUT2D eigenvalue weighted by Gasteiger charge is 2.17. The number of aryl methyl sites for hydroxylation is 4. The van der Waals surface area contributed by atoms with Crippen molar-refractivity contribution in [3.8, 4) is 0 Å². The maximum absolute atomic E-state index is 13.0. The van der Waals surface area contributed by atoms with E-state index in [9.17, 15) is 4.79 Å². The van der Waals surface area contributed by atoms with Gasteiger partial charge in [-0.25, -0.2) is 4.98 Å². The molecule has 7 nitrogen and oxygen atoms in total. The maximum Gasteiger partial charge on any atom is 0.274 e. The number of amides is 1. The molecule has 0 aliphatic rings. The number of aromatic nitrogens is 5. The summed E-state index contributed by atoms with van der Waals surface area (Å²) < 4.78 is 3.69. The van der Waals surface area contributed by atoms with Gasteiger partial charge in [-0.3, -0.25) is 18.9 Å². The van der Waals surface area contributed by atoms with Crippen molar-refractivity contribution in [2.75, 3.05) is 5.32 Å². The predicted molar refractivity (Wildman–Crippen MR) is 125 cm³/mol. The molecule has 0 saturated heterocycles. The second-order valence-corrected chi connectivity index (χ2v) is 8.14. The first kappa shape index (κ1) is 20.2. The Morgan fingerprint density at radius 1 is 1.12 bits per heavy atom. The Morgan fingerprint density at radius 3 is 2.81 bits per heavy atom. The largest absolute Gasteiger partial charge is 0.320 e. The van der Waals surface area contributed by atoms with Crippen LogP contribution in [0.15, 0.2) is 60.9 Å². The van der Waals surface area contributed by atoms with Gasteiger partial charge < -0.3 is 5.32 Å². The number of anilines is 1. The Morgan fingerprint density at radius 2 is 1.97 bits per heavy atom. The first-order valence-electron chi connectivity index (χ1n) is 10.3. The van der Waals surface area contributed by atoms with Gasteiger partial charge in [-0.15, -0.1) is 0 Å². The first-order valence-corrected chi connectivity index (χ1v) is 10.7. The molecular formula is C24H21ClN6O. The van der Waals surface area contributed by atoms with Gasteiger partial charge in [0.15, 0.2) is 0 Å². The van der Waals surface area contributed by atoms with Crippen LogP contribution in [0.5, 0.6) is 0 Å². The predicted octanol–water partition coefficient (Wildman–Crippen LogP) is 4.84. The molecule has 0 fully saturated rings. The Labute approximate surface area is 189 Å². The van der Waals surface area contributed by atoms with Crippen LogP contribution in [-0.2, 0) is 13.0 Å². The normalized spacial score (nSPS) is 11.3. The molecule has 32 heavy (non-hydrogen) atoms. The van der Waals surface area contributed by atoms with E-state index in [0.29, 0.717) is 28.6 Å². The van der Waals surface area contributed by atoms with E-state index in [-0.39, 0.29) is 5.91 Å². The van der Waals surface area contributed by atoms with Crippen LogP contribution in [0.25, 0.3) is 16.6 Å². The minimum atomic E-state index is -0.247. The molecule has 1 N–H and O–H groups in total. The van der Waals surface area contributed by atoms with Crippen LogP contribution >= 0.6 is 11.6 Å². The number of carbonyl (C=O) groups excluding carboxylic acids is 1. The third-order valence-corrected chi connectivity index (χ3v) is 5.67. The highest BCUT2D eigenvalue weighted by Crippen LogP contribution is 2.27. The summed E-state index contributed by atoms with van der Waals surface area (Å²) in [5.74, 6) is -0.247. The summed E-state index contributed by atoms with van der Waals surface area (Å²) in [6, 6.07) is 15.3. The molecule has 160 valence electrons. The lowest BCUT2D eigenvalue weighted by molar-refractivity contribution is 0.102. The second-order valence-electron chi connectivity index (χ2n) is 7.70. The fraction of sp³-hybridized carbons (Fsp3) is 0.167. The number of nitrogens with zero attached hydrogens (tertiary/aromatic N) is 5. The Balaban J connectivity index is 1.44. The summed E-state index contributed by atoms with van der Waals surface area (Å²) in [4.78, 5) is 21.9. The molecule has 4 aromatic heterocycles. The molecule has 0 spiro atoms. The highest BCUT2D eigenvalue weighted by atomic mass is 35.5. The minimum Gasteiger partial charge on any atom is -0.320 e. The lowest BCUT2D eigenvalue weighted by Gasteiger charge is -2.08. The summed E-state index contributed by atoms with van der Waals surface area (Å²) in [6.45, 7) is 4.64. The van der Waals surface area contributed by atoms with Crippen molar-refractivity contribution in [1.29, 1.82) is 0 Å². The number of pyridine rings is 2. The van der Waals surface area contributed by atoms with Crippen molar-refractivity contribution < 1.29 is 4.79 Å². The van der Waals surface area contributed by atoms with Gasteiger partial charge in [-0.05, 0) is 44.2 Å². The summed E-state index contributed by atoms with van der Waals surface area (Å²) in [7, 11) is 0. The summed E-state index contributed by atoms with van der Waals surface area (Å²) in [5.41, 5.74) is 5.63. The number of halogens is 1. The summed E-state index contributed by atoms with van der Waals surface area (Å²) >= 11 is 6.03. The van der Waals surface area contributed by atoms with Crippen LogP contribution < -0.4 is 5.32 Å². The van der Waals surface area contributed by atoms with E-state index < -0.39 is 0 Å². The van der Waals surface area contributed by atoms with Gasteiger partial charge in [0.25, 0.3) is 5.91 Å². The van der Waals surface area contributed by atoms with E-state index in [4.69, 9.17) is 16.7 Å². The third-order valence-electron chi connectivity index (χ3n) is 5.43. The van der Waals surface area contributed by atoms with Crippen LogP contribution in [0.3, 0.4) is 0 Å². The number of fused-ring (bicyclic) bond motifs is 2. The monoisotopic (exact) mass is 444 g/mol. The molecular weight excluding hydrogens is 424 g/mol. The van der Waals surface area contributed by atoms with Crippen LogP contribution in [-0.4, -0.2) is 30.1 Å². The zero-order valence-corrected chi connectivity index (χ0v) is 18.5. The van der Waals surface area contributed by atoms with Gasteiger partial charge in [-0.1, -0.05) is 23.7 Å². The Bertz CT molecular complexity index is 1470. The minimum absolute atomic E-state index is 0.247. The molecule has 0 bridgehead atoms. The van der Waals surface area contributed by atoms with Crippen molar-refractivity contribution >= 4 is 39.7 Å². The van der Waals surface area contributed by atoms with Crippen LogP contribution in [0.4, 0.5) is 5.69 Å². The van der Waals surface area contributed by atoms with Crippen LogP contribution in [0.1, 0.15) is 27.6 Å². The number of carbonyl (C=O) groups is 1. The number of rotatable bonds is 5. The number of imidazole rings is 1. The molecule has 0 saturated carbocycles. The van der Waals surface area contributed by atoms with Crippen molar-refractivity contribution in [2.24, 2.45) is 0 Å². The molecule has 1 amide bonds. The fourth-order valence-electron chi connectivity index (χ4n) is 3.96. The lowest BCUT2D eigenvalue weighted by Crippen LogP contribution is -2.14. The standard InChI is InChI=1S/C24H21ClN6O/c1-15-5-3-6-18(27-15)10-12-31-20-8-4-7-19(23(20)16(2)29-31)28-24(32)21-14-26-22-13-17(25)9-11-30(21)22/h3-9,11,13-14H,10,12H2,1-2H3,(H,28,32). The van der Waals surface area contributed by atoms with E-state index >= 15 is 0 Å². The molecule has 8 heteroatoms. The van der Waals surface area contributed by atoms with Crippen molar-refractivity contribution in [1.82, 2.24) is 24.1 Å². The van der Waals surface area contributed by atoms with Gasteiger partial charge in [0.05, 0.1) is 23.1 Å². The smallest absolute Gasteiger partial charge is 0.274 e. The van der Waals surface area contributed by atoms with Gasteiger partial charge in [-0.2, -0.15) is 5.10 Å². The third kappa shape index (κ3) is 3.71. The SMILES string of the molecule is Cc1cccc(CCn2nc(C)c3c(NC(=O)c4cnc5cc(Cl)ccn45)cccc32)n1. The molecule has 0 aliphatic carbocycles. The highest BCUT2D eigenvalue weighted by molar-refractivity contribution is 6.30. The number of nitrogens with one attached hydrogen (secondary N) is 1. The lowest BCUT2D eigenvalue weighted by atomic mass is 10.1. The average Bonchev–Trinajstić information content (AvgIpc) is 3.33. The molecule has 4 heterocycles. The Kier molecular flexibility index (Phi) is 5.11. The van der Waals surface area contributed by atoms with E-state index in [2.05, 4.69) is 15.3 Å². The van der Waals surface area contributed by atoms with Crippen molar-refractivity contribution in [3.05, 3.63) is 88.7 Å². The van der Waals surface area contributed by atoms with Crippen molar-refractivity contribution in [3.63, 3.8) is 0 Å². The van der Waals surface area contributed by atoms with Gasteiger partial charge in [0.1, 0.15) is 11.3 Å². The number of hydrogen-bond acceptors (Lipinski definition) is 4. The molecule has 0 unspecified atom stereocenters. The van der Waals surface area contributed by atoms with Crippen LogP contribution in [0.2, 0.25) is 5.02 Å². The number of benzene rings is 1. The second kappa shape index (κ2) is 8.09. The molecule has 0 radical (unpaired) electrons. The summed E-state index contributed by atoms with van der Waals surface area (Å²) in [6.07, 6.45) is 4.06. The molecule has 0 aliphatic heterocycles. The van der Waals surface area contributed by atoms with Gasteiger partial charge in [0, 0.05) is 47.0 Å². The molecule has 5 aromatic rings. The maximum atomic E-state index is 13.0. The zero-order chi connectivity index (χ0) is 22.2. The fourth-order valence-corrected chi connectivity index (χ4v) is 4.12. The van der Waals surface area contributed by atoms with Crippen molar-refractivity contribution in [2.45, 2.75) is 26.8 Å². The first-order chi connectivity index (χ1) is 15.5. The van der Waals surface area contributed by atoms with E-state index in [1.807, 2.05) is 54.9 Å². The topological polar surface area (TPSA) is 77.1 Å². The molecule has 1 aromatic carbocycles. The van der Waals surface area contributed by atoms with E-state index in [0.717, 1.165) is 34.4 Å². The molecule has 0 atom stereocenters. The van der Waals surface area contributed by atoms with E-state index in [1.54, 1.807) is 28.9 Å². The quantitative estimate of drug-likeness (QED) is 0.420. The van der Waals surface area contributed by atoms with Crippen LogP contribution in [0, 0.1) is 13.8 Å². The molecule has 5 rings (SSSR count). The Hall–Kier alpha value is -3.71. The van der Waals surface area contributed by atoms with Gasteiger partial charge in [0.2, 0.25) is 0 Å². The van der Waals surface area contributed by atoms with Gasteiger partial charge >= 0.3 is 0 Å².